The first-order valence-corrected chi connectivity index (χ1v) is 9.34. The fraction of sp³-hybridized carbons (Fsp3) is 0.538. The Kier molecular flexibility index (Phi) is 6.31. The number of rotatable bonds is 7. The van der Waals surface area contributed by atoms with E-state index in [9.17, 15) is 8.42 Å². The van der Waals surface area contributed by atoms with Crippen LogP contribution in [0.2, 0.25) is 0 Å². The SMILES string of the molecule is Nc1ccc(SCCS(=O)(=O)NCC2COCCO2)cc1. The molecule has 0 radical (unpaired) electrons. The van der Waals surface area contributed by atoms with Gasteiger partial charge in [-0.05, 0) is 24.3 Å². The van der Waals surface area contributed by atoms with Gasteiger partial charge in [0.2, 0.25) is 10.0 Å². The third kappa shape index (κ3) is 6.23. The van der Waals surface area contributed by atoms with Gasteiger partial charge in [-0.2, -0.15) is 0 Å². The van der Waals surface area contributed by atoms with Crippen molar-refractivity contribution >= 4 is 27.5 Å². The van der Waals surface area contributed by atoms with E-state index in [4.69, 9.17) is 15.2 Å². The van der Waals surface area contributed by atoms with E-state index in [1.165, 1.54) is 11.8 Å². The number of nitrogens with two attached hydrogens (primary N) is 1. The summed E-state index contributed by atoms with van der Waals surface area (Å²) in [4.78, 5) is 1.00. The van der Waals surface area contributed by atoms with Crippen LogP contribution in [-0.2, 0) is 19.5 Å². The highest BCUT2D eigenvalue weighted by atomic mass is 32.2. The number of hydrogen-bond donors (Lipinski definition) is 2. The summed E-state index contributed by atoms with van der Waals surface area (Å²) in [5, 5.41) is 0. The van der Waals surface area contributed by atoms with E-state index in [-0.39, 0.29) is 18.4 Å². The van der Waals surface area contributed by atoms with E-state index in [1.807, 2.05) is 12.1 Å². The highest BCUT2D eigenvalue weighted by Crippen LogP contribution is 2.19. The monoisotopic (exact) mass is 332 g/mol. The lowest BCUT2D eigenvalue weighted by Gasteiger charge is -2.23. The molecule has 0 saturated carbocycles. The summed E-state index contributed by atoms with van der Waals surface area (Å²) in [6.45, 7) is 1.78. The van der Waals surface area contributed by atoms with Gasteiger partial charge in [0.05, 0.1) is 31.7 Å². The Balaban J connectivity index is 1.69. The molecule has 0 aliphatic carbocycles. The molecule has 1 unspecified atom stereocenters. The Morgan fingerprint density at radius 1 is 1.29 bits per heavy atom. The van der Waals surface area contributed by atoms with Crippen molar-refractivity contribution in [1.29, 1.82) is 0 Å². The maximum Gasteiger partial charge on any atom is 0.212 e. The molecule has 1 fully saturated rings. The second-order valence-corrected chi connectivity index (χ2v) is 7.75. The van der Waals surface area contributed by atoms with Crippen LogP contribution in [0, 0.1) is 0 Å². The fourth-order valence-corrected chi connectivity index (χ4v) is 4.14. The van der Waals surface area contributed by atoms with Crippen LogP contribution in [0.4, 0.5) is 5.69 Å². The van der Waals surface area contributed by atoms with Crippen LogP contribution in [0.25, 0.3) is 0 Å². The maximum absolute atomic E-state index is 11.9. The van der Waals surface area contributed by atoms with Gasteiger partial charge >= 0.3 is 0 Å². The fourth-order valence-electron chi connectivity index (χ4n) is 1.78. The van der Waals surface area contributed by atoms with Crippen molar-refractivity contribution in [2.24, 2.45) is 0 Å². The number of thioether (sulfide) groups is 1. The van der Waals surface area contributed by atoms with E-state index in [0.29, 0.717) is 31.3 Å². The number of nitrogens with one attached hydrogen (secondary N) is 1. The molecule has 6 nitrogen and oxygen atoms in total. The molecule has 1 saturated heterocycles. The lowest BCUT2D eigenvalue weighted by atomic mass is 10.3. The van der Waals surface area contributed by atoms with Gasteiger partial charge < -0.3 is 15.2 Å². The zero-order valence-electron chi connectivity index (χ0n) is 11.7. The van der Waals surface area contributed by atoms with Gasteiger partial charge in [-0.15, -0.1) is 11.8 Å². The van der Waals surface area contributed by atoms with Crippen LogP contribution in [0.1, 0.15) is 0 Å². The zero-order valence-corrected chi connectivity index (χ0v) is 13.3. The van der Waals surface area contributed by atoms with E-state index in [2.05, 4.69) is 4.72 Å². The highest BCUT2D eigenvalue weighted by molar-refractivity contribution is 8.00. The second-order valence-electron chi connectivity index (χ2n) is 4.65. The van der Waals surface area contributed by atoms with Crippen molar-refractivity contribution in [2.45, 2.75) is 11.0 Å². The average Bonchev–Trinajstić information content (AvgIpc) is 2.48. The lowest BCUT2D eigenvalue weighted by Crippen LogP contribution is -2.40. The quantitative estimate of drug-likeness (QED) is 0.564. The molecule has 1 aliphatic heterocycles. The molecule has 1 aromatic carbocycles. The van der Waals surface area contributed by atoms with Gasteiger partial charge in [0, 0.05) is 22.9 Å². The summed E-state index contributed by atoms with van der Waals surface area (Å²) in [5.41, 5.74) is 6.30. The molecule has 118 valence electrons. The first-order chi connectivity index (χ1) is 10.1. The summed E-state index contributed by atoms with van der Waals surface area (Å²) < 4.78 is 36.9. The third-order valence-electron chi connectivity index (χ3n) is 2.92. The molecule has 0 aromatic heterocycles. The summed E-state index contributed by atoms with van der Waals surface area (Å²) in [7, 11) is -3.29. The molecule has 8 heteroatoms. The second kappa shape index (κ2) is 8.00. The average molecular weight is 332 g/mol. The van der Waals surface area contributed by atoms with Crippen molar-refractivity contribution < 1.29 is 17.9 Å². The molecule has 1 heterocycles. The van der Waals surface area contributed by atoms with Crippen LogP contribution in [0.3, 0.4) is 0 Å². The van der Waals surface area contributed by atoms with Gasteiger partial charge in [0.25, 0.3) is 0 Å². The molecule has 2 rings (SSSR count). The van der Waals surface area contributed by atoms with E-state index in [1.54, 1.807) is 12.1 Å². The van der Waals surface area contributed by atoms with Crippen molar-refractivity contribution in [3.8, 4) is 0 Å². The number of sulfonamides is 1. The van der Waals surface area contributed by atoms with Gasteiger partial charge in [-0.3, -0.25) is 0 Å². The highest BCUT2D eigenvalue weighted by Gasteiger charge is 2.17. The molecule has 21 heavy (non-hydrogen) atoms. The predicted octanol–water partition coefficient (Wildman–Crippen LogP) is 0.696. The number of ether oxygens (including phenoxy) is 2. The Morgan fingerprint density at radius 3 is 2.71 bits per heavy atom. The minimum Gasteiger partial charge on any atom is -0.399 e. The summed E-state index contributed by atoms with van der Waals surface area (Å²) in [6.07, 6.45) is -0.196. The minimum absolute atomic E-state index is 0.0651. The number of nitrogen functional groups attached to an aromatic ring is 1. The first kappa shape index (κ1) is 16.6. The van der Waals surface area contributed by atoms with Gasteiger partial charge in [-0.25, -0.2) is 13.1 Å². The standard InChI is InChI=1S/C13H20N2O4S2/c14-11-1-3-13(4-2-11)20-7-8-21(16,17)15-9-12-10-18-5-6-19-12/h1-4,12,15H,5-10,14H2. The largest absolute Gasteiger partial charge is 0.399 e. The van der Waals surface area contributed by atoms with E-state index >= 15 is 0 Å². The van der Waals surface area contributed by atoms with E-state index < -0.39 is 10.0 Å². The molecular weight excluding hydrogens is 312 g/mol. The minimum atomic E-state index is -3.29. The van der Waals surface area contributed by atoms with Crippen LogP contribution in [0.15, 0.2) is 29.2 Å². The summed E-state index contributed by atoms with van der Waals surface area (Å²) in [5.74, 6) is 0.552. The Labute approximate surface area is 129 Å². The van der Waals surface area contributed by atoms with Crippen LogP contribution in [0.5, 0.6) is 0 Å². The normalized spacial score (nSPS) is 19.5. The Bertz CT molecular complexity index is 528. The van der Waals surface area contributed by atoms with Gasteiger partial charge in [0.1, 0.15) is 0 Å². The topological polar surface area (TPSA) is 90.7 Å². The molecule has 0 bridgehead atoms. The molecular formula is C13H20N2O4S2. The predicted molar refractivity (Wildman–Crippen MR) is 83.9 cm³/mol. The van der Waals surface area contributed by atoms with Crippen molar-refractivity contribution in [3.05, 3.63) is 24.3 Å². The molecule has 1 atom stereocenters. The Morgan fingerprint density at radius 2 is 2.05 bits per heavy atom. The molecule has 1 aromatic rings. The summed E-state index contributed by atoms with van der Waals surface area (Å²) in [6, 6.07) is 7.37. The van der Waals surface area contributed by atoms with Crippen molar-refractivity contribution in [1.82, 2.24) is 4.72 Å². The van der Waals surface area contributed by atoms with Crippen LogP contribution >= 0.6 is 11.8 Å². The Hall–Kier alpha value is -0.800. The van der Waals surface area contributed by atoms with E-state index in [0.717, 1.165) is 4.90 Å². The molecule has 1 aliphatic rings. The lowest BCUT2D eigenvalue weighted by molar-refractivity contribution is -0.0846. The smallest absolute Gasteiger partial charge is 0.212 e. The molecule has 0 spiro atoms. The van der Waals surface area contributed by atoms with Crippen molar-refractivity contribution in [2.75, 3.05) is 43.6 Å². The molecule has 3 N–H and O–H groups in total. The number of anilines is 1. The summed E-state index contributed by atoms with van der Waals surface area (Å²) >= 11 is 1.49. The maximum atomic E-state index is 11.9. The van der Waals surface area contributed by atoms with Crippen LogP contribution in [-0.4, -0.2) is 52.4 Å². The van der Waals surface area contributed by atoms with Crippen molar-refractivity contribution in [3.63, 3.8) is 0 Å². The zero-order chi connectivity index (χ0) is 15.1. The molecule has 0 amide bonds. The van der Waals surface area contributed by atoms with Crippen LogP contribution < -0.4 is 10.5 Å². The first-order valence-electron chi connectivity index (χ1n) is 6.70. The third-order valence-corrected chi connectivity index (χ3v) is 5.54. The number of benzene rings is 1. The van der Waals surface area contributed by atoms with Gasteiger partial charge in [-0.1, -0.05) is 0 Å². The van der Waals surface area contributed by atoms with Gasteiger partial charge in [0.15, 0.2) is 0 Å². The number of hydrogen-bond acceptors (Lipinski definition) is 6.